The molecule has 26 heavy (non-hydrogen) atoms. The molecule has 2 heterocycles. The molecule has 0 atom stereocenters. The number of ketones is 1. The number of fused-ring (bicyclic) bond motifs is 1. The third-order valence-corrected chi connectivity index (χ3v) is 5.09. The Hall–Kier alpha value is -3.25. The standard InChI is InChI=1S/C20H12O5S/c21-15-7-5-11(9-14(15)20(23)24)16-8-6-12(25-16)10-18-19(22)13-3-1-2-4-17(13)26-18/h1-10,21H,(H,23,24)/b18-10-. The molecule has 2 N–H and O–H groups in total. The van der Waals surface area contributed by atoms with E-state index in [0.717, 1.165) is 4.90 Å². The first-order valence-electron chi connectivity index (χ1n) is 7.73. The Morgan fingerprint density at radius 1 is 1.08 bits per heavy atom. The highest BCUT2D eigenvalue weighted by Crippen LogP contribution is 2.41. The van der Waals surface area contributed by atoms with Crippen molar-refractivity contribution in [3.63, 3.8) is 0 Å². The predicted octanol–water partition coefficient (Wildman–Crippen LogP) is 4.68. The smallest absolute Gasteiger partial charge is 0.339 e. The van der Waals surface area contributed by atoms with E-state index in [4.69, 9.17) is 9.52 Å². The summed E-state index contributed by atoms with van der Waals surface area (Å²) in [5.74, 6) is -0.618. The largest absolute Gasteiger partial charge is 0.507 e. The molecule has 1 aliphatic rings. The molecule has 0 fully saturated rings. The van der Waals surface area contributed by atoms with Gasteiger partial charge in [-0.25, -0.2) is 4.79 Å². The number of allylic oxidation sites excluding steroid dienone is 1. The summed E-state index contributed by atoms with van der Waals surface area (Å²) < 4.78 is 5.74. The fourth-order valence-corrected chi connectivity index (χ4v) is 3.74. The van der Waals surface area contributed by atoms with Gasteiger partial charge in [0, 0.05) is 16.0 Å². The molecule has 0 aliphatic carbocycles. The quantitative estimate of drug-likeness (QED) is 0.656. The van der Waals surface area contributed by atoms with Gasteiger partial charge in [-0.3, -0.25) is 4.79 Å². The summed E-state index contributed by atoms with van der Waals surface area (Å²) in [5, 5.41) is 18.7. The number of carboxylic acids is 1. The summed E-state index contributed by atoms with van der Waals surface area (Å²) in [4.78, 5) is 25.0. The summed E-state index contributed by atoms with van der Waals surface area (Å²) in [6.45, 7) is 0. The van der Waals surface area contributed by atoms with Crippen LogP contribution in [0.5, 0.6) is 5.75 Å². The third-order valence-electron chi connectivity index (χ3n) is 3.99. The van der Waals surface area contributed by atoms with E-state index < -0.39 is 5.97 Å². The SMILES string of the molecule is O=C(O)c1cc(-c2ccc(/C=C3\Sc4ccccc4C3=O)o2)ccc1O. The molecule has 6 heteroatoms. The van der Waals surface area contributed by atoms with Crippen LogP contribution in [0.4, 0.5) is 0 Å². The number of carbonyl (C=O) groups excluding carboxylic acids is 1. The van der Waals surface area contributed by atoms with E-state index in [1.807, 2.05) is 18.2 Å². The zero-order valence-corrected chi connectivity index (χ0v) is 14.1. The van der Waals surface area contributed by atoms with Crippen molar-refractivity contribution < 1.29 is 24.2 Å². The van der Waals surface area contributed by atoms with Gasteiger partial charge in [-0.15, -0.1) is 0 Å². The molecule has 3 aromatic rings. The number of furan rings is 1. The van der Waals surface area contributed by atoms with Crippen LogP contribution < -0.4 is 0 Å². The molecular formula is C20H12O5S. The van der Waals surface area contributed by atoms with Crippen molar-refractivity contribution in [2.24, 2.45) is 0 Å². The monoisotopic (exact) mass is 364 g/mol. The number of phenols is 1. The Morgan fingerprint density at radius 2 is 1.88 bits per heavy atom. The van der Waals surface area contributed by atoms with Gasteiger partial charge < -0.3 is 14.6 Å². The van der Waals surface area contributed by atoms with Crippen LogP contribution in [0.1, 0.15) is 26.5 Å². The van der Waals surface area contributed by atoms with Gasteiger partial charge in [0.15, 0.2) is 0 Å². The Labute approximate surface area is 152 Å². The van der Waals surface area contributed by atoms with Crippen molar-refractivity contribution in [2.45, 2.75) is 4.90 Å². The molecule has 5 nitrogen and oxygen atoms in total. The molecule has 0 saturated heterocycles. The molecule has 0 radical (unpaired) electrons. The number of carboxylic acid groups (broad SMARTS) is 1. The van der Waals surface area contributed by atoms with E-state index in [0.29, 0.717) is 27.6 Å². The molecule has 0 bridgehead atoms. The maximum atomic E-state index is 12.4. The van der Waals surface area contributed by atoms with Gasteiger partial charge in [0.25, 0.3) is 0 Å². The maximum absolute atomic E-state index is 12.4. The van der Waals surface area contributed by atoms with Gasteiger partial charge in [-0.2, -0.15) is 0 Å². The normalized spacial score (nSPS) is 14.6. The lowest BCUT2D eigenvalue weighted by atomic mass is 10.1. The van der Waals surface area contributed by atoms with E-state index in [9.17, 15) is 14.7 Å². The zero-order chi connectivity index (χ0) is 18.3. The average molecular weight is 364 g/mol. The van der Waals surface area contributed by atoms with Crippen LogP contribution in [-0.2, 0) is 0 Å². The Bertz CT molecular complexity index is 1080. The van der Waals surface area contributed by atoms with Gasteiger partial charge >= 0.3 is 5.97 Å². The third kappa shape index (κ3) is 2.80. The van der Waals surface area contributed by atoms with E-state index in [2.05, 4.69) is 0 Å². The number of Topliss-reactive ketones (excluding diaryl/α,β-unsaturated/α-hetero) is 1. The van der Waals surface area contributed by atoms with Crippen LogP contribution in [0, 0.1) is 0 Å². The average Bonchev–Trinajstić information content (AvgIpc) is 3.21. The minimum Gasteiger partial charge on any atom is -0.507 e. The number of rotatable bonds is 3. The first-order chi connectivity index (χ1) is 12.5. The summed E-state index contributed by atoms with van der Waals surface area (Å²) in [5.41, 5.74) is 1.01. The lowest BCUT2D eigenvalue weighted by Crippen LogP contribution is -1.96. The van der Waals surface area contributed by atoms with Gasteiger partial charge in [0.05, 0.1) is 4.91 Å². The molecule has 2 aromatic carbocycles. The Balaban J connectivity index is 1.65. The molecule has 1 aliphatic heterocycles. The van der Waals surface area contributed by atoms with Crippen molar-refractivity contribution in [3.8, 4) is 17.1 Å². The van der Waals surface area contributed by atoms with E-state index in [1.54, 1.807) is 30.3 Å². The fourth-order valence-electron chi connectivity index (χ4n) is 2.71. The number of hydrogen-bond acceptors (Lipinski definition) is 5. The lowest BCUT2D eigenvalue weighted by Gasteiger charge is -2.02. The summed E-state index contributed by atoms with van der Waals surface area (Å²) in [6, 6.07) is 15.1. The van der Waals surface area contributed by atoms with Crippen molar-refractivity contribution in [1.82, 2.24) is 0 Å². The van der Waals surface area contributed by atoms with Gasteiger partial charge in [0.1, 0.15) is 22.8 Å². The van der Waals surface area contributed by atoms with Gasteiger partial charge in [0.2, 0.25) is 5.78 Å². The zero-order valence-electron chi connectivity index (χ0n) is 13.3. The topological polar surface area (TPSA) is 87.7 Å². The summed E-state index contributed by atoms with van der Waals surface area (Å²) in [7, 11) is 0. The summed E-state index contributed by atoms with van der Waals surface area (Å²) >= 11 is 1.39. The van der Waals surface area contributed by atoms with E-state index in [-0.39, 0.29) is 17.1 Å². The molecule has 0 spiro atoms. The molecule has 0 saturated carbocycles. The minimum absolute atomic E-state index is 0.0404. The number of carbonyl (C=O) groups is 2. The van der Waals surface area contributed by atoms with Crippen LogP contribution in [0.2, 0.25) is 0 Å². The fraction of sp³-hybridized carbons (Fsp3) is 0. The second-order valence-corrected chi connectivity index (χ2v) is 6.76. The van der Waals surface area contributed by atoms with Crippen LogP contribution in [0.15, 0.2) is 68.8 Å². The van der Waals surface area contributed by atoms with Crippen LogP contribution in [0.3, 0.4) is 0 Å². The van der Waals surface area contributed by atoms with Crippen molar-refractivity contribution in [1.29, 1.82) is 0 Å². The molecule has 4 rings (SSSR count). The number of benzene rings is 2. The predicted molar refractivity (Wildman–Crippen MR) is 97.4 cm³/mol. The van der Waals surface area contributed by atoms with Crippen LogP contribution >= 0.6 is 11.8 Å². The van der Waals surface area contributed by atoms with Crippen molar-refractivity contribution in [2.75, 3.05) is 0 Å². The Morgan fingerprint density at radius 3 is 2.65 bits per heavy atom. The van der Waals surface area contributed by atoms with Gasteiger partial charge in [-0.05, 0) is 48.5 Å². The van der Waals surface area contributed by atoms with E-state index in [1.165, 1.54) is 23.9 Å². The van der Waals surface area contributed by atoms with Crippen LogP contribution in [0.25, 0.3) is 17.4 Å². The van der Waals surface area contributed by atoms with Crippen LogP contribution in [-0.4, -0.2) is 22.0 Å². The summed E-state index contributed by atoms with van der Waals surface area (Å²) in [6.07, 6.45) is 1.68. The first-order valence-corrected chi connectivity index (χ1v) is 8.54. The minimum atomic E-state index is -1.22. The second kappa shape index (κ2) is 6.24. The molecule has 0 unspecified atom stereocenters. The highest BCUT2D eigenvalue weighted by Gasteiger charge is 2.25. The van der Waals surface area contributed by atoms with Crippen molar-refractivity contribution in [3.05, 3.63) is 76.4 Å². The van der Waals surface area contributed by atoms with Gasteiger partial charge in [-0.1, -0.05) is 23.9 Å². The number of hydrogen-bond donors (Lipinski definition) is 2. The number of aromatic hydroxyl groups is 1. The molecular weight excluding hydrogens is 352 g/mol. The first kappa shape index (κ1) is 16.2. The second-order valence-electron chi connectivity index (χ2n) is 5.68. The number of aromatic carboxylic acids is 1. The highest BCUT2D eigenvalue weighted by atomic mass is 32.2. The molecule has 0 amide bonds. The Kier molecular flexibility index (Phi) is 3.89. The number of thioether (sulfide) groups is 1. The maximum Gasteiger partial charge on any atom is 0.339 e. The molecule has 128 valence electrons. The lowest BCUT2D eigenvalue weighted by molar-refractivity contribution is 0.0693. The molecule has 1 aromatic heterocycles. The van der Waals surface area contributed by atoms with Crippen molar-refractivity contribution >= 4 is 29.6 Å². The highest BCUT2D eigenvalue weighted by molar-refractivity contribution is 8.04. The van der Waals surface area contributed by atoms with E-state index >= 15 is 0 Å².